The zero-order valence-corrected chi connectivity index (χ0v) is 14.7. The number of aromatic nitrogens is 1. The summed E-state index contributed by atoms with van der Waals surface area (Å²) in [6, 6.07) is 7.66. The first-order valence-electron chi connectivity index (χ1n) is 6.17. The van der Waals surface area contributed by atoms with Gasteiger partial charge in [0.15, 0.2) is 19.7 Å². The summed E-state index contributed by atoms with van der Waals surface area (Å²) >= 11 is 1.51. The third-order valence-corrected chi connectivity index (χ3v) is 6.00. The third-order valence-electron chi connectivity index (χ3n) is 3.02. The summed E-state index contributed by atoms with van der Waals surface area (Å²) in [4.78, 5) is 5.07. The van der Waals surface area contributed by atoms with Crippen molar-refractivity contribution < 1.29 is 16.8 Å². The lowest BCUT2D eigenvalue weighted by Gasteiger charge is -2.10. The van der Waals surface area contributed by atoms with Crippen LogP contribution in [0.1, 0.15) is 0 Å². The molecule has 0 radical (unpaired) electrons. The molecule has 0 saturated carbocycles. The summed E-state index contributed by atoms with van der Waals surface area (Å²) in [7, 11) is -7.08. The number of nitrogens with zero attached hydrogens (tertiary/aromatic N) is 1. The molecule has 0 saturated heterocycles. The van der Waals surface area contributed by atoms with Gasteiger partial charge < -0.3 is 0 Å². The lowest BCUT2D eigenvalue weighted by atomic mass is 10.1. The van der Waals surface area contributed by atoms with Crippen molar-refractivity contribution in [1.82, 2.24) is 4.98 Å². The molecule has 0 spiro atoms. The van der Waals surface area contributed by atoms with Crippen molar-refractivity contribution in [3.8, 4) is 11.3 Å². The highest BCUT2D eigenvalue weighted by Gasteiger charge is 2.19. The van der Waals surface area contributed by atoms with Gasteiger partial charge in [0.25, 0.3) is 0 Å². The Morgan fingerprint density at radius 1 is 0.955 bits per heavy atom. The number of pyridine rings is 1. The minimum atomic E-state index is -3.60. The summed E-state index contributed by atoms with van der Waals surface area (Å²) in [5.74, 6) is 0. The molecule has 22 heavy (non-hydrogen) atoms. The van der Waals surface area contributed by atoms with E-state index in [2.05, 4.69) is 4.98 Å². The van der Waals surface area contributed by atoms with Crippen molar-refractivity contribution in [3.05, 3.63) is 36.5 Å². The van der Waals surface area contributed by atoms with Crippen molar-refractivity contribution in [2.45, 2.75) is 14.7 Å². The molecule has 1 heterocycles. The maximum absolute atomic E-state index is 12.0. The molecule has 0 unspecified atom stereocenters. The number of rotatable bonds is 4. The number of hydrogen-bond acceptors (Lipinski definition) is 6. The first kappa shape index (κ1) is 17.0. The van der Waals surface area contributed by atoms with E-state index in [4.69, 9.17) is 0 Å². The molecule has 0 fully saturated rings. The van der Waals surface area contributed by atoms with Crippen molar-refractivity contribution >= 4 is 31.4 Å². The van der Waals surface area contributed by atoms with Gasteiger partial charge in [0.05, 0.1) is 15.5 Å². The zero-order valence-electron chi connectivity index (χ0n) is 12.3. The molecule has 8 heteroatoms. The van der Waals surface area contributed by atoms with E-state index in [0.29, 0.717) is 11.3 Å². The fourth-order valence-corrected chi connectivity index (χ4v) is 4.00. The van der Waals surface area contributed by atoms with Crippen LogP contribution in [0.2, 0.25) is 0 Å². The van der Waals surface area contributed by atoms with Crippen molar-refractivity contribution in [1.29, 1.82) is 0 Å². The molecule has 0 aliphatic carbocycles. The van der Waals surface area contributed by atoms with Crippen LogP contribution in [0.15, 0.2) is 51.2 Å². The maximum Gasteiger partial charge on any atom is 0.176 e. The quantitative estimate of drug-likeness (QED) is 0.781. The highest BCUT2D eigenvalue weighted by atomic mass is 32.2. The molecule has 2 rings (SSSR count). The van der Waals surface area contributed by atoms with E-state index in [1.807, 2.05) is 12.3 Å². The number of thioether (sulfide) groups is 1. The van der Waals surface area contributed by atoms with Crippen molar-refractivity contribution in [3.63, 3.8) is 0 Å². The number of sulfone groups is 2. The van der Waals surface area contributed by atoms with Crippen LogP contribution < -0.4 is 0 Å². The van der Waals surface area contributed by atoms with Crippen molar-refractivity contribution in [2.24, 2.45) is 0 Å². The first-order valence-corrected chi connectivity index (χ1v) is 11.2. The molecule has 1 aromatic heterocycles. The molecule has 0 aliphatic heterocycles. The SMILES string of the molecule is CSc1ccnc(-c2ccc(S(C)(=O)=O)cc2S(C)(=O)=O)c1. The van der Waals surface area contributed by atoms with Crippen LogP contribution in [0.5, 0.6) is 0 Å². The topological polar surface area (TPSA) is 81.2 Å². The first-order chi connectivity index (χ1) is 10.1. The minimum absolute atomic E-state index is 0.0299. The molecule has 2 aromatic rings. The van der Waals surface area contributed by atoms with Gasteiger partial charge in [-0.1, -0.05) is 6.07 Å². The molecule has 0 amide bonds. The average molecular weight is 357 g/mol. The molecule has 0 atom stereocenters. The Hall–Kier alpha value is -1.38. The fourth-order valence-electron chi connectivity index (χ4n) is 1.94. The molecule has 1 aromatic carbocycles. The predicted octanol–water partition coefficient (Wildman–Crippen LogP) is 2.28. The van der Waals surface area contributed by atoms with Gasteiger partial charge in [-0.25, -0.2) is 16.8 Å². The van der Waals surface area contributed by atoms with E-state index < -0.39 is 19.7 Å². The smallest absolute Gasteiger partial charge is 0.176 e. The van der Waals surface area contributed by atoms with E-state index in [-0.39, 0.29) is 9.79 Å². The lowest BCUT2D eigenvalue weighted by molar-refractivity contribution is 0.600. The Labute approximate surface area is 134 Å². The van der Waals surface area contributed by atoms with Gasteiger partial charge >= 0.3 is 0 Å². The van der Waals surface area contributed by atoms with Crippen LogP contribution in [0.25, 0.3) is 11.3 Å². The second-order valence-electron chi connectivity index (χ2n) is 4.78. The van der Waals surface area contributed by atoms with Crippen LogP contribution in [-0.2, 0) is 19.7 Å². The largest absolute Gasteiger partial charge is 0.256 e. The van der Waals surface area contributed by atoms with Crippen LogP contribution >= 0.6 is 11.8 Å². The molecular formula is C14H15NO4S3. The van der Waals surface area contributed by atoms with E-state index >= 15 is 0 Å². The summed E-state index contributed by atoms with van der Waals surface area (Å²) in [5, 5.41) is 0. The molecule has 0 N–H and O–H groups in total. The zero-order chi connectivity index (χ0) is 16.5. The Morgan fingerprint density at radius 3 is 2.18 bits per heavy atom. The van der Waals surface area contributed by atoms with Crippen LogP contribution in [0.3, 0.4) is 0 Å². The normalized spacial score (nSPS) is 12.3. The summed E-state index contributed by atoms with van der Waals surface area (Å²) < 4.78 is 47.4. The second kappa shape index (κ2) is 6.02. The highest BCUT2D eigenvalue weighted by Crippen LogP contribution is 2.30. The monoisotopic (exact) mass is 357 g/mol. The van der Waals surface area contributed by atoms with Crippen molar-refractivity contribution in [2.75, 3.05) is 18.8 Å². The Kier molecular flexibility index (Phi) is 4.65. The number of hydrogen-bond donors (Lipinski definition) is 0. The molecule has 0 bridgehead atoms. The molecule has 118 valence electrons. The van der Waals surface area contributed by atoms with Gasteiger partial charge in [-0.2, -0.15) is 0 Å². The van der Waals surface area contributed by atoms with E-state index in [9.17, 15) is 16.8 Å². The summed E-state index contributed by atoms with van der Waals surface area (Å²) in [6.45, 7) is 0. The van der Waals surface area contributed by atoms with Gasteiger partial charge in [-0.3, -0.25) is 4.98 Å². The Morgan fingerprint density at radius 2 is 1.64 bits per heavy atom. The third kappa shape index (κ3) is 3.68. The summed E-state index contributed by atoms with van der Waals surface area (Å²) in [5.41, 5.74) is 0.887. The van der Waals surface area contributed by atoms with Crippen LogP contribution in [0.4, 0.5) is 0 Å². The average Bonchev–Trinajstić information content (AvgIpc) is 2.45. The van der Waals surface area contributed by atoms with Gasteiger partial charge in [0.2, 0.25) is 0 Å². The Bertz CT molecular complexity index is 919. The van der Waals surface area contributed by atoms with E-state index in [1.54, 1.807) is 12.3 Å². The predicted molar refractivity (Wildman–Crippen MR) is 87.7 cm³/mol. The minimum Gasteiger partial charge on any atom is -0.256 e. The Balaban J connectivity index is 2.76. The van der Waals surface area contributed by atoms with Crippen LogP contribution in [0, 0.1) is 0 Å². The lowest BCUT2D eigenvalue weighted by Crippen LogP contribution is -2.04. The van der Waals surface area contributed by atoms with Gasteiger partial charge in [0, 0.05) is 29.2 Å². The fraction of sp³-hybridized carbons (Fsp3) is 0.214. The maximum atomic E-state index is 12.0. The van der Waals surface area contributed by atoms with Gasteiger partial charge in [-0.15, -0.1) is 11.8 Å². The number of benzene rings is 1. The standard InChI is InChI=1S/C14H15NO4S3/c1-20-10-6-7-15-13(8-10)12-5-4-11(21(2,16)17)9-14(12)22(3,18)19/h4-9H,1-3H3. The van der Waals surface area contributed by atoms with E-state index in [1.165, 1.54) is 30.0 Å². The molecule has 0 aliphatic rings. The van der Waals surface area contributed by atoms with Crippen LogP contribution in [-0.4, -0.2) is 40.6 Å². The van der Waals surface area contributed by atoms with E-state index in [0.717, 1.165) is 17.4 Å². The molecular weight excluding hydrogens is 342 g/mol. The summed E-state index contributed by atoms with van der Waals surface area (Å²) in [6.07, 6.45) is 5.60. The second-order valence-corrected chi connectivity index (χ2v) is 9.66. The van der Waals surface area contributed by atoms with Gasteiger partial charge in [0.1, 0.15) is 0 Å². The highest BCUT2D eigenvalue weighted by molar-refractivity contribution is 7.98. The molecule has 5 nitrogen and oxygen atoms in total. The van der Waals surface area contributed by atoms with Gasteiger partial charge in [-0.05, 0) is 30.5 Å².